The summed E-state index contributed by atoms with van der Waals surface area (Å²) in [6, 6.07) is 0. The van der Waals surface area contributed by atoms with Gasteiger partial charge in [-0.1, -0.05) is 19.6 Å². The average molecular weight is 336 g/mol. The van der Waals surface area contributed by atoms with Crippen LogP contribution in [-0.2, 0) is 19.1 Å². The Kier molecular flexibility index (Phi) is 9.29. The third kappa shape index (κ3) is 11.4. The number of halogens is 3. The molecular weight excluding hydrogens is 313 g/mol. The van der Waals surface area contributed by atoms with E-state index in [1.54, 1.807) is 6.92 Å². The molecule has 7 heteroatoms. The molecule has 1 rings (SSSR count). The number of ether oxygens (including phenoxy) is 2. The quantitative estimate of drug-likeness (QED) is 0.573. The normalized spacial score (nSPS) is 15.0. The van der Waals surface area contributed by atoms with Crippen LogP contribution < -0.4 is 0 Å². The van der Waals surface area contributed by atoms with E-state index >= 15 is 0 Å². The molecule has 0 saturated heterocycles. The maximum absolute atomic E-state index is 11.4. The highest BCUT2D eigenvalue weighted by Gasteiger charge is 2.29. The first kappa shape index (κ1) is 21.2. The van der Waals surface area contributed by atoms with E-state index in [9.17, 15) is 22.8 Å². The Labute approximate surface area is 134 Å². The average Bonchev–Trinajstić information content (AvgIpc) is 2.45. The van der Waals surface area contributed by atoms with Crippen LogP contribution in [0.25, 0.3) is 0 Å². The monoisotopic (exact) mass is 336 g/mol. The summed E-state index contributed by atoms with van der Waals surface area (Å²) >= 11 is 0. The van der Waals surface area contributed by atoms with Crippen LogP contribution in [0.3, 0.4) is 0 Å². The summed E-state index contributed by atoms with van der Waals surface area (Å²) in [5, 5.41) is 0. The molecule has 0 aromatic heterocycles. The fourth-order valence-electron chi connectivity index (χ4n) is 1.71. The molecule has 1 aliphatic carbocycles. The number of carbonyl (C=O) groups is 2. The van der Waals surface area contributed by atoms with Crippen molar-refractivity contribution in [1.29, 1.82) is 0 Å². The van der Waals surface area contributed by atoms with Gasteiger partial charge in [0.15, 0.2) is 6.61 Å². The van der Waals surface area contributed by atoms with Crippen LogP contribution in [0, 0.1) is 0 Å². The second kappa shape index (κ2) is 10.1. The van der Waals surface area contributed by atoms with Crippen LogP contribution in [0.4, 0.5) is 13.2 Å². The maximum atomic E-state index is 11.4. The summed E-state index contributed by atoms with van der Waals surface area (Å²) in [6.45, 7) is 8.07. The van der Waals surface area contributed by atoms with Gasteiger partial charge in [-0.2, -0.15) is 13.2 Å². The minimum Gasteiger partial charge on any atom is -0.459 e. The van der Waals surface area contributed by atoms with Crippen LogP contribution in [-0.4, -0.2) is 30.8 Å². The van der Waals surface area contributed by atoms with Gasteiger partial charge in [0.05, 0.1) is 0 Å². The molecule has 132 valence electrons. The van der Waals surface area contributed by atoms with Crippen molar-refractivity contribution in [1.82, 2.24) is 0 Å². The highest BCUT2D eigenvalue weighted by Crippen LogP contribution is 2.20. The van der Waals surface area contributed by atoms with E-state index in [0.717, 1.165) is 12.8 Å². The van der Waals surface area contributed by atoms with Gasteiger partial charge in [-0.05, 0) is 39.5 Å². The maximum Gasteiger partial charge on any atom is 0.422 e. The zero-order chi connectivity index (χ0) is 18.0. The number of rotatable bonds is 4. The van der Waals surface area contributed by atoms with Crippen molar-refractivity contribution < 1.29 is 32.2 Å². The van der Waals surface area contributed by atoms with E-state index in [0.29, 0.717) is 5.57 Å². The fraction of sp³-hybridized carbons (Fsp3) is 0.625. The van der Waals surface area contributed by atoms with Crippen molar-refractivity contribution in [3.8, 4) is 0 Å². The molecule has 1 aliphatic rings. The minimum atomic E-state index is -4.47. The molecule has 0 unspecified atom stereocenters. The third-order valence-electron chi connectivity index (χ3n) is 2.89. The van der Waals surface area contributed by atoms with Crippen molar-refractivity contribution in [3.63, 3.8) is 0 Å². The van der Waals surface area contributed by atoms with Crippen LogP contribution in [0.15, 0.2) is 24.3 Å². The number of esters is 2. The van der Waals surface area contributed by atoms with E-state index in [4.69, 9.17) is 4.74 Å². The zero-order valence-corrected chi connectivity index (χ0v) is 13.5. The molecule has 0 N–H and O–H groups in total. The number of hydrogen-bond donors (Lipinski definition) is 0. The van der Waals surface area contributed by atoms with E-state index in [2.05, 4.69) is 17.9 Å². The van der Waals surface area contributed by atoms with Crippen molar-refractivity contribution in [2.24, 2.45) is 0 Å². The van der Waals surface area contributed by atoms with Gasteiger partial charge in [0.25, 0.3) is 0 Å². The fourth-order valence-corrected chi connectivity index (χ4v) is 1.71. The van der Waals surface area contributed by atoms with Crippen molar-refractivity contribution in [2.45, 2.75) is 58.2 Å². The summed E-state index contributed by atoms with van der Waals surface area (Å²) in [6.07, 6.45) is 1.40. The first-order chi connectivity index (χ1) is 10.5. The lowest BCUT2D eigenvalue weighted by Crippen LogP contribution is -2.20. The number of hydrogen-bond acceptors (Lipinski definition) is 4. The second-order valence-electron chi connectivity index (χ2n) is 5.42. The van der Waals surface area contributed by atoms with Crippen LogP contribution in [0.1, 0.15) is 46.0 Å². The van der Waals surface area contributed by atoms with E-state index in [-0.39, 0.29) is 17.6 Å². The molecule has 0 atom stereocenters. The Hall–Kier alpha value is -1.79. The number of alkyl halides is 3. The van der Waals surface area contributed by atoms with Gasteiger partial charge in [0.2, 0.25) is 0 Å². The summed E-state index contributed by atoms with van der Waals surface area (Å²) < 4.78 is 43.1. The van der Waals surface area contributed by atoms with Gasteiger partial charge in [-0.15, -0.1) is 0 Å². The molecule has 0 radical (unpaired) electrons. The van der Waals surface area contributed by atoms with Gasteiger partial charge in [0.1, 0.15) is 6.10 Å². The van der Waals surface area contributed by atoms with Crippen LogP contribution in [0.2, 0.25) is 0 Å². The third-order valence-corrected chi connectivity index (χ3v) is 2.89. The Bertz CT molecular complexity index is 435. The predicted octanol–water partition coefficient (Wildman–Crippen LogP) is 4.11. The Morgan fingerprint density at radius 3 is 1.87 bits per heavy atom. The zero-order valence-electron chi connectivity index (χ0n) is 13.5. The standard InChI is InChI=1S/C10H16O2.C6H7F3O2/c1-8(2)10(11)12-9-6-4-3-5-7-9;1-4(2)5(10)11-3-6(7,8)9/h9H,1,3-7H2,2H3;1,3H2,2H3. The lowest BCUT2D eigenvalue weighted by atomic mass is 9.98. The Morgan fingerprint density at radius 2 is 1.48 bits per heavy atom. The Balaban J connectivity index is 0.000000423. The highest BCUT2D eigenvalue weighted by molar-refractivity contribution is 5.87. The molecule has 4 nitrogen and oxygen atoms in total. The highest BCUT2D eigenvalue weighted by atomic mass is 19.4. The molecule has 0 aromatic rings. The summed E-state index contributed by atoms with van der Waals surface area (Å²) in [4.78, 5) is 21.5. The molecule has 0 amide bonds. The van der Waals surface area contributed by atoms with Gasteiger partial charge in [0, 0.05) is 11.1 Å². The van der Waals surface area contributed by atoms with Gasteiger partial charge < -0.3 is 9.47 Å². The minimum absolute atomic E-state index is 0.0470. The first-order valence-corrected chi connectivity index (χ1v) is 7.28. The van der Waals surface area contributed by atoms with E-state index < -0.39 is 18.8 Å². The molecule has 1 fully saturated rings. The molecular formula is C16H23F3O4. The molecule has 0 heterocycles. The summed E-state index contributed by atoms with van der Waals surface area (Å²) in [7, 11) is 0. The molecule has 0 bridgehead atoms. The number of carbonyl (C=O) groups excluding carboxylic acids is 2. The van der Waals surface area contributed by atoms with Crippen LogP contribution >= 0.6 is 0 Å². The van der Waals surface area contributed by atoms with Crippen molar-refractivity contribution >= 4 is 11.9 Å². The smallest absolute Gasteiger partial charge is 0.422 e. The first-order valence-electron chi connectivity index (χ1n) is 7.28. The topological polar surface area (TPSA) is 52.6 Å². The molecule has 0 spiro atoms. The van der Waals surface area contributed by atoms with Crippen LogP contribution in [0.5, 0.6) is 0 Å². The largest absolute Gasteiger partial charge is 0.459 e. The lowest BCUT2D eigenvalue weighted by Gasteiger charge is -2.21. The van der Waals surface area contributed by atoms with E-state index in [1.165, 1.54) is 26.2 Å². The summed E-state index contributed by atoms with van der Waals surface area (Å²) in [5.41, 5.74) is 0.454. The summed E-state index contributed by atoms with van der Waals surface area (Å²) in [5.74, 6) is -1.26. The second-order valence-corrected chi connectivity index (χ2v) is 5.42. The lowest BCUT2D eigenvalue weighted by molar-refractivity contribution is -0.183. The van der Waals surface area contributed by atoms with Gasteiger partial charge in [-0.3, -0.25) is 0 Å². The SMILES string of the molecule is C=C(C)C(=O)OC1CCCCC1.C=C(C)C(=O)OCC(F)(F)F. The predicted molar refractivity (Wildman–Crippen MR) is 79.6 cm³/mol. The molecule has 23 heavy (non-hydrogen) atoms. The molecule has 1 saturated carbocycles. The van der Waals surface area contributed by atoms with E-state index in [1.807, 2.05) is 0 Å². The van der Waals surface area contributed by atoms with Crippen molar-refractivity contribution in [2.75, 3.05) is 6.61 Å². The van der Waals surface area contributed by atoms with Crippen molar-refractivity contribution in [3.05, 3.63) is 24.3 Å². The van der Waals surface area contributed by atoms with Gasteiger partial charge in [-0.25, -0.2) is 9.59 Å². The van der Waals surface area contributed by atoms with Gasteiger partial charge >= 0.3 is 18.1 Å². The molecule has 0 aromatic carbocycles. The Morgan fingerprint density at radius 1 is 1.00 bits per heavy atom. The molecule has 0 aliphatic heterocycles.